The minimum atomic E-state index is 0.144. The molecule has 1 aliphatic rings. The van der Waals surface area contributed by atoms with E-state index in [1.807, 2.05) is 6.20 Å². The Bertz CT molecular complexity index is 335. The van der Waals surface area contributed by atoms with Gasteiger partial charge in [-0.3, -0.25) is 0 Å². The molecule has 0 unspecified atom stereocenters. The number of H-pyrrole nitrogens is 1. The molecule has 1 heterocycles. The molecule has 1 saturated carbocycles. The highest BCUT2D eigenvalue weighted by Gasteiger charge is 2.21. The molecule has 0 atom stereocenters. The summed E-state index contributed by atoms with van der Waals surface area (Å²) in [5.74, 6) is 1.82. The number of rotatable bonds is 4. The summed E-state index contributed by atoms with van der Waals surface area (Å²) in [6, 6.07) is 0. The molecule has 16 heavy (non-hydrogen) atoms. The van der Waals surface area contributed by atoms with Gasteiger partial charge in [0.25, 0.3) is 0 Å². The minimum absolute atomic E-state index is 0.144. The molecule has 3 N–H and O–H groups in total. The highest BCUT2D eigenvalue weighted by atomic mass is 14.9. The van der Waals surface area contributed by atoms with Crippen LogP contribution in [0.15, 0.2) is 6.20 Å². The summed E-state index contributed by atoms with van der Waals surface area (Å²) in [4.78, 5) is 7.96. The summed E-state index contributed by atoms with van der Waals surface area (Å²) in [6.45, 7) is 5.07. The van der Waals surface area contributed by atoms with Gasteiger partial charge in [0.2, 0.25) is 0 Å². The lowest BCUT2D eigenvalue weighted by Crippen LogP contribution is -2.26. The summed E-state index contributed by atoms with van der Waals surface area (Å²) >= 11 is 0. The van der Waals surface area contributed by atoms with Crippen LogP contribution in [0.2, 0.25) is 0 Å². The van der Waals surface area contributed by atoms with Crippen molar-refractivity contribution in [3.63, 3.8) is 0 Å². The van der Waals surface area contributed by atoms with Gasteiger partial charge in [0.1, 0.15) is 5.82 Å². The molecule has 1 aliphatic carbocycles. The van der Waals surface area contributed by atoms with E-state index in [4.69, 9.17) is 5.73 Å². The molecule has 0 saturated heterocycles. The number of hydrogen-bond acceptors (Lipinski definition) is 2. The van der Waals surface area contributed by atoms with Crippen LogP contribution in [-0.2, 0) is 6.42 Å². The molecule has 1 fully saturated rings. The van der Waals surface area contributed by atoms with E-state index < -0.39 is 0 Å². The summed E-state index contributed by atoms with van der Waals surface area (Å²) in [6.07, 6.45) is 8.35. The molecule has 1 aromatic heterocycles. The Hall–Kier alpha value is -0.830. The van der Waals surface area contributed by atoms with Crippen LogP contribution >= 0.6 is 0 Å². The van der Waals surface area contributed by atoms with Crippen LogP contribution in [0, 0.1) is 5.41 Å². The fourth-order valence-electron chi connectivity index (χ4n) is 2.44. The summed E-state index contributed by atoms with van der Waals surface area (Å²) < 4.78 is 0. The molecule has 90 valence electrons. The van der Waals surface area contributed by atoms with Gasteiger partial charge in [-0.15, -0.1) is 0 Å². The summed E-state index contributed by atoms with van der Waals surface area (Å²) in [7, 11) is 0. The summed E-state index contributed by atoms with van der Waals surface area (Å²) in [5, 5.41) is 0. The second kappa shape index (κ2) is 4.58. The van der Waals surface area contributed by atoms with E-state index in [-0.39, 0.29) is 5.41 Å². The van der Waals surface area contributed by atoms with Crippen molar-refractivity contribution < 1.29 is 0 Å². The van der Waals surface area contributed by atoms with Crippen LogP contribution in [0.5, 0.6) is 0 Å². The van der Waals surface area contributed by atoms with Crippen molar-refractivity contribution >= 4 is 0 Å². The van der Waals surface area contributed by atoms with Crippen molar-refractivity contribution in [2.24, 2.45) is 11.1 Å². The lowest BCUT2D eigenvalue weighted by atomic mass is 9.89. The van der Waals surface area contributed by atoms with Crippen molar-refractivity contribution in [2.75, 3.05) is 6.54 Å². The summed E-state index contributed by atoms with van der Waals surface area (Å²) in [5.41, 5.74) is 7.22. The van der Waals surface area contributed by atoms with E-state index in [0.29, 0.717) is 6.54 Å². The molecule has 0 radical (unpaired) electrons. The Balaban J connectivity index is 2.01. The maximum absolute atomic E-state index is 5.74. The van der Waals surface area contributed by atoms with Crippen molar-refractivity contribution in [3.8, 4) is 0 Å². The lowest BCUT2D eigenvalue weighted by Gasteiger charge is -2.20. The maximum Gasteiger partial charge on any atom is 0.106 e. The van der Waals surface area contributed by atoms with Gasteiger partial charge in [-0.1, -0.05) is 26.7 Å². The van der Waals surface area contributed by atoms with E-state index in [9.17, 15) is 0 Å². The van der Waals surface area contributed by atoms with Crippen molar-refractivity contribution in [1.82, 2.24) is 9.97 Å². The van der Waals surface area contributed by atoms with Crippen molar-refractivity contribution in [1.29, 1.82) is 0 Å². The average molecular weight is 221 g/mol. The quantitative estimate of drug-likeness (QED) is 0.821. The SMILES string of the molecule is CC(C)(CN)Cc1ncc(C2CCCC2)[nH]1. The van der Waals surface area contributed by atoms with Gasteiger partial charge in [0.05, 0.1) is 0 Å². The third-order valence-corrected chi connectivity index (χ3v) is 3.64. The first-order valence-corrected chi connectivity index (χ1v) is 6.34. The van der Waals surface area contributed by atoms with Crippen LogP contribution < -0.4 is 5.73 Å². The first-order chi connectivity index (χ1) is 7.61. The second-order valence-corrected chi connectivity index (χ2v) is 5.81. The highest BCUT2D eigenvalue weighted by molar-refractivity contribution is 5.10. The first-order valence-electron chi connectivity index (χ1n) is 6.34. The van der Waals surface area contributed by atoms with E-state index in [0.717, 1.165) is 18.2 Å². The first kappa shape index (κ1) is 11.6. The van der Waals surface area contributed by atoms with Gasteiger partial charge < -0.3 is 10.7 Å². The second-order valence-electron chi connectivity index (χ2n) is 5.81. The Morgan fingerprint density at radius 1 is 1.44 bits per heavy atom. The molecule has 0 aliphatic heterocycles. The van der Waals surface area contributed by atoms with Crippen molar-refractivity contribution in [3.05, 3.63) is 17.7 Å². The zero-order valence-electron chi connectivity index (χ0n) is 10.4. The number of imidazole rings is 1. The zero-order chi connectivity index (χ0) is 11.6. The number of aromatic nitrogens is 2. The predicted octanol–water partition coefficient (Wildman–Crippen LogP) is 2.59. The largest absolute Gasteiger partial charge is 0.346 e. The van der Waals surface area contributed by atoms with Gasteiger partial charge in [-0.2, -0.15) is 0 Å². The van der Waals surface area contributed by atoms with Gasteiger partial charge in [0.15, 0.2) is 0 Å². The van der Waals surface area contributed by atoms with Gasteiger partial charge in [-0.25, -0.2) is 4.98 Å². The zero-order valence-corrected chi connectivity index (χ0v) is 10.4. The molecule has 0 spiro atoms. The van der Waals surface area contributed by atoms with E-state index in [1.54, 1.807) is 0 Å². The molecule has 3 heteroatoms. The van der Waals surface area contributed by atoms with E-state index in [1.165, 1.54) is 31.4 Å². The third kappa shape index (κ3) is 2.64. The highest BCUT2D eigenvalue weighted by Crippen LogP contribution is 2.33. The molecular formula is C13H23N3. The van der Waals surface area contributed by atoms with E-state index >= 15 is 0 Å². The number of nitrogens with two attached hydrogens (primary N) is 1. The molecular weight excluding hydrogens is 198 g/mol. The number of nitrogens with zero attached hydrogens (tertiary/aromatic N) is 1. The molecule has 1 aromatic rings. The van der Waals surface area contributed by atoms with Crippen LogP contribution in [0.1, 0.15) is 57.0 Å². The predicted molar refractivity (Wildman–Crippen MR) is 66.3 cm³/mol. The fourth-order valence-corrected chi connectivity index (χ4v) is 2.44. The lowest BCUT2D eigenvalue weighted by molar-refractivity contribution is 0.369. The topological polar surface area (TPSA) is 54.7 Å². The molecule has 0 aromatic carbocycles. The van der Waals surface area contributed by atoms with Gasteiger partial charge in [0, 0.05) is 24.2 Å². The van der Waals surface area contributed by atoms with Crippen LogP contribution in [0.4, 0.5) is 0 Å². The molecule has 0 bridgehead atoms. The van der Waals surface area contributed by atoms with Gasteiger partial charge in [-0.05, 0) is 24.8 Å². The molecule has 0 amide bonds. The molecule has 2 rings (SSSR count). The van der Waals surface area contributed by atoms with Gasteiger partial charge >= 0.3 is 0 Å². The maximum atomic E-state index is 5.74. The Labute approximate surface area is 97.8 Å². The Morgan fingerprint density at radius 3 is 2.75 bits per heavy atom. The Kier molecular flexibility index (Phi) is 3.33. The number of aromatic amines is 1. The standard InChI is InChI=1S/C13H23N3/c1-13(2,9-14)7-12-15-8-11(16-12)10-5-3-4-6-10/h8,10H,3-7,9,14H2,1-2H3,(H,15,16). The fraction of sp³-hybridized carbons (Fsp3) is 0.769. The van der Waals surface area contributed by atoms with Crippen LogP contribution in [-0.4, -0.2) is 16.5 Å². The van der Waals surface area contributed by atoms with E-state index in [2.05, 4.69) is 23.8 Å². The molecule has 3 nitrogen and oxygen atoms in total. The monoisotopic (exact) mass is 221 g/mol. The smallest absolute Gasteiger partial charge is 0.106 e. The third-order valence-electron chi connectivity index (χ3n) is 3.64. The number of nitrogens with one attached hydrogen (secondary N) is 1. The number of hydrogen-bond donors (Lipinski definition) is 2. The van der Waals surface area contributed by atoms with Crippen molar-refractivity contribution in [2.45, 2.75) is 51.9 Å². The van der Waals surface area contributed by atoms with Crippen LogP contribution in [0.3, 0.4) is 0 Å². The average Bonchev–Trinajstić information content (AvgIpc) is 2.86. The minimum Gasteiger partial charge on any atom is -0.346 e. The Morgan fingerprint density at radius 2 is 2.12 bits per heavy atom. The normalized spacial score (nSPS) is 18.2. The van der Waals surface area contributed by atoms with Crippen LogP contribution in [0.25, 0.3) is 0 Å².